The number of aliphatic carboxylic acids is 1. The summed E-state index contributed by atoms with van der Waals surface area (Å²) in [6, 6.07) is 23.1. The van der Waals surface area contributed by atoms with Gasteiger partial charge in [-0.2, -0.15) is 0 Å². The van der Waals surface area contributed by atoms with Crippen LogP contribution in [-0.2, 0) is 16.0 Å². The minimum atomic E-state index is -1.03. The third kappa shape index (κ3) is 9.54. The molecule has 4 aromatic rings. The average molecular weight is 762 g/mol. The van der Waals surface area contributed by atoms with Crippen LogP contribution in [0.25, 0.3) is 10.8 Å². The molecular formula is C38H45ClN3NaO8S. The zero-order valence-corrected chi connectivity index (χ0v) is 33.4. The second-order valence-electron chi connectivity index (χ2n) is 12.8. The molecule has 0 radical (unpaired) electrons. The van der Waals surface area contributed by atoms with Crippen molar-refractivity contribution < 1.29 is 70.5 Å². The van der Waals surface area contributed by atoms with Crippen LogP contribution in [-0.4, -0.2) is 84.5 Å². The number of halogens is 1. The summed E-state index contributed by atoms with van der Waals surface area (Å²) in [6.45, 7) is 8.52. The Bertz CT molecular complexity index is 1850. The molecule has 0 bridgehead atoms. The van der Waals surface area contributed by atoms with Gasteiger partial charge in [-0.3, -0.25) is 9.59 Å². The number of amides is 2. The molecule has 14 heteroatoms. The number of carboxylic acids is 1. The fourth-order valence-electron chi connectivity index (χ4n) is 6.30. The number of carbonyl (C=O) groups excluding carboxylic acids is 2. The number of aliphatic hydroxyl groups excluding tert-OH is 1. The summed E-state index contributed by atoms with van der Waals surface area (Å²) >= 11 is 1.40. The van der Waals surface area contributed by atoms with Gasteiger partial charge in [0.05, 0.1) is 18.3 Å². The number of fused-ring (bicyclic) bond motifs is 2. The smallest absolute Gasteiger partial charge is 1.00 e. The first-order valence-corrected chi connectivity index (χ1v) is 17.4. The number of aliphatic hydroxyl groups is 1. The molecule has 4 aromatic carbocycles. The van der Waals surface area contributed by atoms with Gasteiger partial charge in [-0.05, 0) is 92.9 Å². The second-order valence-corrected chi connectivity index (χ2v) is 14.6. The van der Waals surface area contributed by atoms with E-state index in [4.69, 9.17) is 4.74 Å². The minimum absolute atomic E-state index is 0. The molecule has 0 aliphatic carbocycles. The molecule has 2 saturated heterocycles. The van der Waals surface area contributed by atoms with Gasteiger partial charge in [0.2, 0.25) is 5.91 Å². The summed E-state index contributed by atoms with van der Waals surface area (Å²) in [4.78, 5) is 38.9. The molecule has 52 heavy (non-hydrogen) atoms. The van der Waals surface area contributed by atoms with E-state index in [0.717, 1.165) is 34.9 Å². The Labute approximate surface area is 337 Å². The average Bonchev–Trinajstić information content (AvgIpc) is 3.35. The van der Waals surface area contributed by atoms with E-state index in [2.05, 4.69) is 10.6 Å². The first-order valence-electron chi connectivity index (χ1n) is 16.5. The SMILES string of the molecule is CCOc1ccc2ccccc2c1C(=O)N[C@@H]1C(=O)N2[C@@H]1SC(C)(C)[C@@H]2C(=O)O.C[C@H](NCCc1ccc(O)cc1)[C@H](O)c1ccc(O)cc1.Cl.[H-].[Na+]. The third-order valence-electron chi connectivity index (χ3n) is 8.90. The largest absolute Gasteiger partial charge is 1.00 e. The van der Waals surface area contributed by atoms with Crippen LogP contribution in [0.4, 0.5) is 0 Å². The summed E-state index contributed by atoms with van der Waals surface area (Å²) in [5, 5.41) is 45.6. The van der Waals surface area contributed by atoms with Gasteiger partial charge >= 0.3 is 35.5 Å². The van der Waals surface area contributed by atoms with E-state index in [9.17, 15) is 34.8 Å². The molecule has 0 unspecified atom stereocenters. The Morgan fingerprint density at radius 3 is 2.21 bits per heavy atom. The number of hydrogen-bond acceptors (Lipinski definition) is 9. The number of β-lactam (4-membered cyclic amide) rings is 1. The number of rotatable bonds is 11. The molecule has 274 valence electrons. The molecule has 2 heterocycles. The normalized spacial score (nSPS) is 19.4. The van der Waals surface area contributed by atoms with Gasteiger partial charge in [0, 0.05) is 10.8 Å². The van der Waals surface area contributed by atoms with Crippen LogP contribution in [0.15, 0.2) is 84.9 Å². The number of phenols is 2. The van der Waals surface area contributed by atoms with Crippen molar-refractivity contribution in [2.45, 2.75) is 68.5 Å². The summed E-state index contributed by atoms with van der Waals surface area (Å²) in [5.74, 6) is -0.889. The van der Waals surface area contributed by atoms with Crippen molar-refractivity contribution in [3.63, 3.8) is 0 Å². The first-order chi connectivity index (χ1) is 23.8. The molecular weight excluding hydrogens is 717 g/mol. The van der Waals surface area contributed by atoms with Gasteiger partial charge in [0.15, 0.2) is 0 Å². The van der Waals surface area contributed by atoms with E-state index in [1.807, 2.05) is 56.3 Å². The van der Waals surface area contributed by atoms with Gasteiger partial charge in [-0.1, -0.05) is 54.6 Å². The van der Waals surface area contributed by atoms with Crippen molar-refractivity contribution >= 4 is 52.7 Å². The maximum atomic E-state index is 13.2. The Morgan fingerprint density at radius 1 is 0.981 bits per heavy atom. The Kier molecular flexibility index (Phi) is 15.3. The zero-order valence-electron chi connectivity index (χ0n) is 30.8. The van der Waals surface area contributed by atoms with E-state index in [1.165, 1.54) is 16.7 Å². The molecule has 2 aliphatic heterocycles. The number of nitrogens with zero attached hydrogens (tertiary/aromatic N) is 1. The summed E-state index contributed by atoms with van der Waals surface area (Å²) < 4.78 is 5.02. The maximum absolute atomic E-state index is 13.2. The monoisotopic (exact) mass is 761 g/mol. The molecule has 5 atom stereocenters. The van der Waals surface area contributed by atoms with Crippen LogP contribution in [0.1, 0.15) is 56.7 Å². The number of benzene rings is 4. The number of aromatic hydroxyl groups is 2. The summed E-state index contributed by atoms with van der Waals surface area (Å²) in [5.41, 5.74) is 2.29. The van der Waals surface area contributed by atoms with Gasteiger partial charge < -0.3 is 42.1 Å². The van der Waals surface area contributed by atoms with E-state index < -0.39 is 40.2 Å². The van der Waals surface area contributed by atoms with Crippen LogP contribution in [0.2, 0.25) is 0 Å². The summed E-state index contributed by atoms with van der Waals surface area (Å²) in [6.07, 6.45) is 0.206. The van der Waals surface area contributed by atoms with Crippen molar-refractivity contribution in [1.82, 2.24) is 15.5 Å². The molecule has 11 nitrogen and oxygen atoms in total. The molecule has 2 fully saturated rings. The fourth-order valence-corrected chi connectivity index (χ4v) is 7.92. The standard InChI is InChI=1S/C21H22N2O5S.C17H21NO3.ClH.Na.H/c1-4-28-13-10-9-11-7-5-6-8-12(11)14(13)17(24)22-15-18(25)23-16(20(26)27)21(2,3)29-19(15)23;1-12(17(21)14-4-8-16(20)9-5-14)18-11-10-13-2-6-15(19)7-3-13;;;/h5-10,15-16,19H,4H2,1-3H3,(H,22,24)(H,26,27);2-9,12,17-21H,10-11H2,1H3;1H;;/q;;;+1;-1/t15-,16+,19-;12-,17-;;;/m10.../s1. The Hall–Kier alpha value is -3.49. The first kappa shape index (κ1) is 42.9. The van der Waals surface area contributed by atoms with E-state index in [-0.39, 0.29) is 66.8 Å². The molecule has 0 aromatic heterocycles. The third-order valence-corrected chi connectivity index (χ3v) is 10.5. The van der Waals surface area contributed by atoms with Crippen molar-refractivity contribution in [2.24, 2.45) is 0 Å². The van der Waals surface area contributed by atoms with Crippen molar-refractivity contribution in [3.05, 3.63) is 102 Å². The van der Waals surface area contributed by atoms with E-state index >= 15 is 0 Å². The molecule has 0 saturated carbocycles. The number of carboxylic acid groups (broad SMARTS) is 1. The molecule has 6 N–H and O–H groups in total. The Balaban J connectivity index is 0.000000364. The van der Waals surface area contributed by atoms with Gasteiger partial charge in [-0.25, -0.2) is 4.79 Å². The molecule has 2 amide bonds. The second kappa shape index (κ2) is 18.5. The fraction of sp³-hybridized carbons (Fsp3) is 0.342. The zero-order chi connectivity index (χ0) is 36.2. The van der Waals surface area contributed by atoms with Crippen molar-refractivity contribution in [1.29, 1.82) is 0 Å². The van der Waals surface area contributed by atoms with Crippen LogP contribution < -0.4 is 44.9 Å². The van der Waals surface area contributed by atoms with Crippen molar-refractivity contribution in [2.75, 3.05) is 13.2 Å². The van der Waals surface area contributed by atoms with E-state index in [1.54, 1.807) is 56.3 Å². The predicted octanol–water partition coefficient (Wildman–Crippen LogP) is 2.37. The number of carbonyl (C=O) groups is 3. The molecule has 6 rings (SSSR count). The summed E-state index contributed by atoms with van der Waals surface area (Å²) in [7, 11) is 0. The van der Waals surface area contributed by atoms with Gasteiger partial charge in [0.25, 0.3) is 5.91 Å². The number of nitrogens with one attached hydrogen (secondary N) is 2. The van der Waals surface area contributed by atoms with Crippen LogP contribution in [0.5, 0.6) is 17.2 Å². The quantitative estimate of drug-likeness (QED) is 0.0987. The number of phenolic OH excluding ortho intramolecular Hbond substituents is 2. The topological polar surface area (TPSA) is 169 Å². The maximum Gasteiger partial charge on any atom is 1.00 e. The van der Waals surface area contributed by atoms with Gasteiger partial charge in [0.1, 0.15) is 34.7 Å². The van der Waals surface area contributed by atoms with Crippen LogP contribution in [0.3, 0.4) is 0 Å². The number of hydrogen-bond donors (Lipinski definition) is 6. The Morgan fingerprint density at radius 2 is 1.60 bits per heavy atom. The van der Waals surface area contributed by atoms with Crippen LogP contribution in [0, 0.1) is 0 Å². The van der Waals surface area contributed by atoms with Crippen LogP contribution >= 0.6 is 24.2 Å². The molecule has 0 spiro atoms. The number of ether oxygens (including phenoxy) is 1. The predicted molar refractivity (Wildman–Crippen MR) is 201 cm³/mol. The minimum Gasteiger partial charge on any atom is -1.00 e. The molecule has 2 aliphatic rings. The number of thioether (sulfide) groups is 1. The van der Waals surface area contributed by atoms with Gasteiger partial charge in [-0.15, -0.1) is 24.2 Å². The van der Waals surface area contributed by atoms with E-state index in [0.29, 0.717) is 17.9 Å². The van der Waals surface area contributed by atoms with Crippen molar-refractivity contribution in [3.8, 4) is 17.2 Å².